The number of nitrogens with zero attached hydrogens (tertiary/aromatic N) is 3. The summed E-state index contributed by atoms with van der Waals surface area (Å²) in [7, 11) is 0. The van der Waals surface area contributed by atoms with Crippen molar-refractivity contribution in [2.45, 2.75) is 45.1 Å². The summed E-state index contributed by atoms with van der Waals surface area (Å²) in [4.78, 5) is 4.01. The van der Waals surface area contributed by atoms with Gasteiger partial charge in [0.2, 0.25) is 5.13 Å². The molecule has 2 aromatic rings. The number of anilines is 1. The topological polar surface area (TPSA) is 38.2 Å². The lowest BCUT2D eigenvalue weighted by molar-refractivity contribution is 0.0681. The first-order valence-corrected chi connectivity index (χ1v) is 10.1. The zero-order valence-electron chi connectivity index (χ0n) is 13.7. The lowest BCUT2D eigenvalue weighted by Crippen LogP contribution is -2.34. The van der Waals surface area contributed by atoms with Crippen molar-refractivity contribution in [3.63, 3.8) is 0 Å². The zero-order chi connectivity index (χ0) is 15.8. The van der Waals surface area contributed by atoms with Gasteiger partial charge in [-0.25, -0.2) is 0 Å². The van der Waals surface area contributed by atoms with E-state index in [1.165, 1.54) is 24.1 Å². The molecule has 2 aromatic heterocycles. The van der Waals surface area contributed by atoms with Gasteiger partial charge in [0, 0.05) is 36.6 Å². The Morgan fingerprint density at radius 1 is 1.26 bits per heavy atom. The number of rotatable bonds is 5. The minimum absolute atomic E-state index is 0.596. The van der Waals surface area contributed by atoms with Crippen molar-refractivity contribution >= 4 is 27.8 Å². The smallest absolute Gasteiger partial charge is 0.208 e. The van der Waals surface area contributed by atoms with Crippen LogP contribution >= 0.6 is 22.7 Å². The highest BCUT2D eigenvalue weighted by atomic mass is 32.1. The third-order valence-electron chi connectivity index (χ3n) is 5.01. The molecule has 23 heavy (non-hydrogen) atoms. The fourth-order valence-electron chi connectivity index (χ4n) is 3.60. The number of aryl methyl sites for hydroxylation is 2. The summed E-state index contributed by atoms with van der Waals surface area (Å²) in [6.45, 7) is 7.20. The summed E-state index contributed by atoms with van der Waals surface area (Å²) < 4.78 is 5.52. The molecule has 3 heterocycles. The minimum atomic E-state index is 0.596. The highest BCUT2D eigenvalue weighted by molar-refractivity contribution is 7.15. The van der Waals surface area contributed by atoms with E-state index in [0.29, 0.717) is 12.0 Å². The molecule has 1 aliphatic carbocycles. The molecule has 4 rings (SSSR count). The Balaban J connectivity index is 1.52. The lowest BCUT2D eigenvalue weighted by atomic mass is 9.99. The molecule has 4 nitrogen and oxygen atoms in total. The van der Waals surface area contributed by atoms with Gasteiger partial charge >= 0.3 is 0 Å². The number of hydrogen-bond acceptors (Lipinski definition) is 6. The monoisotopic (exact) mass is 349 g/mol. The van der Waals surface area contributed by atoms with Crippen LogP contribution in [0.2, 0.25) is 0 Å². The van der Waals surface area contributed by atoms with E-state index in [-0.39, 0.29) is 0 Å². The van der Waals surface area contributed by atoms with Gasteiger partial charge < -0.3 is 9.64 Å². The Labute approximate surface area is 145 Å². The first kappa shape index (κ1) is 15.5. The predicted molar refractivity (Wildman–Crippen MR) is 95.7 cm³/mol. The maximum absolute atomic E-state index is 5.52. The highest BCUT2D eigenvalue weighted by Crippen LogP contribution is 2.49. The molecule has 124 valence electrons. The van der Waals surface area contributed by atoms with Crippen LogP contribution in [0.1, 0.15) is 40.6 Å². The van der Waals surface area contributed by atoms with Crippen molar-refractivity contribution in [3.05, 3.63) is 26.9 Å². The fourth-order valence-corrected chi connectivity index (χ4v) is 5.13. The van der Waals surface area contributed by atoms with Crippen LogP contribution in [0.3, 0.4) is 0 Å². The molecule has 1 saturated heterocycles. The quantitative estimate of drug-likeness (QED) is 0.817. The van der Waals surface area contributed by atoms with E-state index in [2.05, 4.69) is 33.5 Å². The number of hydrogen-bond donors (Lipinski definition) is 0. The van der Waals surface area contributed by atoms with E-state index in [0.717, 1.165) is 35.8 Å². The summed E-state index contributed by atoms with van der Waals surface area (Å²) in [5, 5.41) is 13.1. The normalized spacial score (nSPS) is 24.8. The minimum Gasteiger partial charge on any atom is -0.381 e. The second-order valence-corrected chi connectivity index (χ2v) is 8.93. The Morgan fingerprint density at radius 3 is 2.74 bits per heavy atom. The fraction of sp³-hybridized carbons (Fsp3) is 0.647. The highest BCUT2D eigenvalue weighted by Gasteiger charge is 2.45. The largest absolute Gasteiger partial charge is 0.381 e. The molecule has 6 heteroatoms. The van der Waals surface area contributed by atoms with Crippen LogP contribution in [0.5, 0.6) is 0 Å². The number of thiophene rings is 1. The maximum atomic E-state index is 5.52. The number of aromatic nitrogens is 2. The second-order valence-electron chi connectivity index (χ2n) is 6.65. The first-order chi connectivity index (χ1) is 11.2. The van der Waals surface area contributed by atoms with E-state index in [1.54, 1.807) is 16.9 Å². The van der Waals surface area contributed by atoms with Gasteiger partial charge in [0.05, 0.1) is 0 Å². The van der Waals surface area contributed by atoms with Crippen LogP contribution in [-0.4, -0.2) is 36.0 Å². The van der Waals surface area contributed by atoms with E-state index < -0.39 is 0 Å². The summed E-state index contributed by atoms with van der Waals surface area (Å²) in [5.41, 5.74) is 1.54. The molecule has 0 aromatic carbocycles. The van der Waals surface area contributed by atoms with Crippen LogP contribution in [-0.2, 0) is 4.74 Å². The van der Waals surface area contributed by atoms with Crippen LogP contribution in [0, 0.1) is 19.8 Å². The van der Waals surface area contributed by atoms with Crippen LogP contribution in [0.4, 0.5) is 5.13 Å². The van der Waals surface area contributed by atoms with Crippen molar-refractivity contribution in [1.29, 1.82) is 0 Å². The SMILES string of the molecule is Cc1nnc(N(CC2CCOCC2)[C@@H]2C[C@H]2c2ccsc2C)s1. The summed E-state index contributed by atoms with van der Waals surface area (Å²) in [5.74, 6) is 1.39. The van der Waals surface area contributed by atoms with Crippen molar-refractivity contribution in [2.24, 2.45) is 5.92 Å². The molecular weight excluding hydrogens is 326 g/mol. The standard InChI is InChI=1S/C17H23N3OS2/c1-11-14(5-8-22-11)15-9-16(15)20(17-19-18-12(2)23-17)10-13-3-6-21-7-4-13/h5,8,13,15-16H,3-4,6-7,9-10H2,1-2H3/t15-,16+/m0/s1. The molecule has 2 fully saturated rings. The predicted octanol–water partition coefficient (Wildman–Crippen LogP) is 4.01. The average molecular weight is 350 g/mol. The summed E-state index contributed by atoms with van der Waals surface area (Å²) in [6.07, 6.45) is 3.59. The zero-order valence-corrected chi connectivity index (χ0v) is 15.3. The molecular formula is C17H23N3OS2. The summed E-state index contributed by atoms with van der Waals surface area (Å²) >= 11 is 3.59. The molecule has 2 aliphatic rings. The Kier molecular flexibility index (Phi) is 4.39. The van der Waals surface area contributed by atoms with Crippen LogP contribution < -0.4 is 4.90 Å². The molecule has 0 unspecified atom stereocenters. The summed E-state index contributed by atoms with van der Waals surface area (Å²) in [6, 6.07) is 2.90. The van der Waals surface area contributed by atoms with E-state index in [1.807, 2.05) is 18.3 Å². The van der Waals surface area contributed by atoms with E-state index in [4.69, 9.17) is 4.74 Å². The first-order valence-electron chi connectivity index (χ1n) is 8.41. The van der Waals surface area contributed by atoms with Gasteiger partial charge in [0.1, 0.15) is 5.01 Å². The molecule has 0 spiro atoms. The molecule has 0 radical (unpaired) electrons. The molecule has 0 amide bonds. The Morgan fingerprint density at radius 2 is 2.09 bits per heavy atom. The Hall–Kier alpha value is -0.980. The third kappa shape index (κ3) is 3.30. The van der Waals surface area contributed by atoms with E-state index >= 15 is 0 Å². The molecule has 0 N–H and O–H groups in total. The van der Waals surface area contributed by atoms with Gasteiger partial charge in [0.25, 0.3) is 0 Å². The molecule has 1 aliphatic heterocycles. The molecule has 0 bridgehead atoms. The molecule has 1 saturated carbocycles. The van der Waals surface area contributed by atoms with Crippen LogP contribution in [0.15, 0.2) is 11.4 Å². The van der Waals surface area contributed by atoms with Crippen molar-refractivity contribution in [2.75, 3.05) is 24.7 Å². The van der Waals surface area contributed by atoms with Crippen molar-refractivity contribution in [1.82, 2.24) is 10.2 Å². The van der Waals surface area contributed by atoms with Gasteiger partial charge in [0.15, 0.2) is 0 Å². The average Bonchev–Trinajstić information content (AvgIpc) is 3.02. The molecule has 2 atom stereocenters. The van der Waals surface area contributed by atoms with Crippen molar-refractivity contribution < 1.29 is 4.74 Å². The van der Waals surface area contributed by atoms with Crippen molar-refractivity contribution in [3.8, 4) is 0 Å². The maximum Gasteiger partial charge on any atom is 0.208 e. The number of ether oxygens (including phenoxy) is 1. The second kappa shape index (κ2) is 6.49. The van der Waals surface area contributed by atoms with Gasteiger partial charge in [-0.2, -0.15) is 0 Å². The van der Waals surface area contributed by atoms with Gasteiger partial charge in [-0.3, -0.25) is 0 Å². The van der Waals surface area contributed by atoms with Gasteiger partial charge in [-0.05, 0) is 56.0 Å². The van der Waals surface area contributed by atoms with E-state index in [9.17, 15) is 0 Å². The van der Waals surface area contributed by atoms with Gasteiger partial charge in [-0.15, -0.1) is 21.5 Å². The Bertz CT molecular complexity index is 662. The lowest BCUT2D eigenvalue weighted by Gasteiger charge is -2.29. The third-order valence-corrected chi connectivity index (χ3v) is 6.75. The van der Waals surface area contributed by atoms with Gasteiger partial charge in [-0.1, -0.05) is 11.3 Å². The van der Waals surface area contributed by atoms with Crippen LogP contribution in [0.25, 0.3) is 0 Å².